The minimum atomic E-state index is -0.483. The maximum absolute atomic E-state index is 11.6. The van der Waals surface area contributed by atoms with Crippen LogP contribution >= 0.6 is 0 Å². The van der Waals surface area contributed by atoms with Crippen LogP contribution in [0.3, 0.4) is 0 Å². The Labute approximate surface area is 97.4 Å². The number of hydrogen-bond acceptors (Lipinski definition) is 3. The van der Waals surface area contributed by atoms with Gasteiger partial charge in [-0.2, -0.15) is 0 Å². The fourth-order valence-corrected chi connectivity index (χ4v) is 2.24. The zero-order valence-corrected chi connectivity index (χ0v) is 10.8. The Morgan fingerprint density at radius 2 is 2.00 bits per heavy atom. The van der Waals surface area contributed by atoms with E-state index in [1.165, 1.54) is 0 Å². The van der Waals surface area contributed by atoms with Crippen LogP contribution in [-0.4, -0.2) is 28.4 Å². The summed E-state index contributed by atoms with van der Waals surface area (Å²) in [5.74, 6) is 0.222. The summed E-state index contributed by atoms with van der Waals surface area (Å²) in [4.78, 5) is 11.6. The molecule has 0 unspecified atom stereocenters. The minimum Gasteiger partial charge on any atom is -0.444 e. The molecule has 16 heavy (non-hydrogen) atoms. The van der Waals surface area contributed by atoms with Crippen LogP contribution in [0.4, 0.5) is 4.79 Å². The molecule has 1 aliphatic carbocycles. The maximum atomic E-state index is 11.6. The van der Waals surface area contributed by atoms with E-state index < -0.39 is 11.7 Å². The molecule has 0 aliphatic heterocycles. The number of nitrogens with one attached hydrogen (secondary N) is 1. The molecule has 0 spiro atoms. The lowest BCUT2D eigenvalue weighted by Crippen LogP contribution is -2.46. The van der Waals surface area contributed by atoms with Crippen LogP contribution in [0.15, 0.2) is 0 Å². The van der Waals surface area contributed by atoms with Crippen molar-refractivity contribution in [1.29, 1.82) is 0 Å². The second-order valence-corrected chi connectivity index (χ2v) is 6.14. The van der Waals surface area contributed by atoms with E-state index in [0.29, 0.717) is 6.42 Å². The van der Waals surface area contributed by atoms with Gasteiger partial charge in [0.25, 0.3) is 0 Å². The average molecular weight is 229 g/mol. The standard InChI is InChI=1S/C12H23NO3/c1-8-6-12(5,7-9(8)14)13-10(15)16-11(2,3)4/h8-9,14H,6-7H2,1-5H3,(H,13,15)/t8-,9-,12+/m0/s1. The van der Waals surface area contributed by atoms with Crippen molar-refractivity contribution >= 4 is 6.09 Å². The van der Waals surface area contributed by atoms with E-state index in [2.05, 4.69) is 5.32 Å². The van der Waals surface area contributed by atoms with Gasteiger partial charge in [0.1, 0.15) is 5.60 Å². The SMILES string of the molecule is C[C@H]1C[C@@](C)(NC(=O)OC(C)(C)C)C[C@@H]1O. The van der Waals surface area contributed by atoms with Crippen LogP contribution in [0.2, 0.25) is 0 Å². The number of aliphatic hydroxyl groups is 1. The molecule has 1 saturated carbocycles. The first kappa shape index (κ1) is 13.3. The number of carbonyl (C=O) groups excluding carboxylic acids is 1. The summed E-state index contributed by atoms with van der Waals surface area (Å²) >= 11 is 0. The van der Waals surface area contributed by atoms with Gasteiger partial charge in [0, 0.05) is 5.54 Å². The Bertz CT molecular complexity index is 260. The summed E-state index contributed by atoms with van der Waals surface area (Å²) in [7, 11) is 0. The summed E-state index contributed by atoms with van der Waals surface area (Å²) in [6.45, 7) is 9.44. The Hall–Kier alpha value is -0.770. The fraction of sp³-hybridized carbons (Fsp3) is 0.917. The second-order valence-electron chi connectivity index (χ2n) is 6.14. The molecular formula is C12H23NO3. The first-order valence-electron chi connectivity index (χ1n) is 5.80. The molecule has 2 N–H and O–H groups in total. The number of rotatable bonds is 1. The molecule has 0 bridgehead atoms. The largest absolute Gasteiger partial charge is 0.444 e. The zero-order chi connectivity index (χ0) is 12.6. The van der Waals surface area contributed by atoms with E-state index >= 15 is 0 Å². The number of carbonyl (C=O) groups is 1. The molecule has 4 heteroatoms. The van der Waals surface area contributed by atoms with Crippen molar-refractivity contribution in [2.75, 3.05) is 0 Å². The molecule has 0 heterocycles. The molecule has 0 radical (unpaired) electrons. The maximum Gasteiger partial charge on any atom is 0.408 e. The van der Waals surface area contributed by atoms with Crippen LogP contribution < -0.4 is 5.32 Å². The molecule has 3 atom stereocenters. The molecule has 0 aromatic heterocycles. The minimum absolute atomic E-state index is 0.222. The van der Waals surface area contributed by atoms with E-state index in [-0.39, 0.29) is 17.6 Å². The third kappa shape index (κ3) is 3.67. The van der Waals surface area contributed by atoms with E-state index in [4.69, 9.17) is 4.74 Å². The van der Waals surface area contributed by atoms with Gasteiger partial charge < -0.3 is 15.2 Å². The Balaban J connectivity index is 2.52. The Morgan fingerprint density at radius 3 is 2.38 bits per heavy atom. The molecule has 0 saturated heterocycles. The van der Waals surface area contributed by atoms with Crippen LogP contribution in [-0.2, 0) is 4.74 Å². The quantitative estimate of drug-likeness (QED) is 0.723. The van der Waals surface area contributed by atoms with Crippen molar-refractivity contribution in [2.24, 2.45) is 5.92 Å². The van der Waals surface area contributed by atoms with Gasteiger partial charge in [-0.05, 0) is 46.5 Å². The normalized spacial score (nSPS) is 34.9. The highest BCUT2D eigenvalue weighted by Gasteiger charge is 2.40. The highest BCUT2D eigenvalue weighted by Crippen LogP contribution is 2.34. The number of aliphatic hydroxyl groups excluding tert-OH is 1. The van der Waals surface area contributed by atoms with Gasteiger partial charge in [-0.15, -0.1) is 0 Å². The van der Waals surface area contributed by atoms with E-state index in [1.54, 1.807) is 0 Å². The van der Waals surface area contributed by atoms with Gasteiger partial charge in [-0.3, -0.25) is 0 Å². The summed E-state index contributed by atoms with van der Waals surface area (Å²) < 4.78 is 5.20. The molecule has 1 aliphatic rings. The van der Waals surface area contributed by atoms with E-state index in [0.717, 1.165) is 6.42 Å². The lowest BCUT2D eigenvalue weighted by Gasteiger charge is -2.28. The lowest BCUT2D eigenvalue weighted by molar-refractivity contribution is 0.0459. The molecule has 1 fully saturated rings. The predicted octanol–water partition coefficient (Wildman–Crippen LogP) is 2.06. The molecular weight excluding hydrogens is 206 g/mol. The van der Waals surface area contributed by atoms with Gasteiger partial charge in [0.05, 0.1) is 6.10 Å². The van der Waals surface area contributed by atoms with E-state index in [1.807, 2.05) is 34.6 Å². The third-order valence-electron chi connectivity index (χ3n) is 2.89. The number of hydrogen-bond donors (Lipinski definition) is 2. The number of amides is 1. The summed E-state index contributed by atoms with van der Waals surface area (Å²) in [5, 5.41) is 12.5. The molecule has 94 valence electrons. The Kier molecular flexibility index (Phi) is 3.53. The van der Waals surface area contributed by atoms with Gasteiger partial charge >= 0.3 is 6.09 Å². The summed E-state index contributed by atoms with van der Waals surface area (Å²) in [6, 6.07) is 0. The number of ether oxygens (including phenoxy) is 1. The van der Waals surface area contributed by atoms with Crippen LogP contribution in [0, 0.1) is 5.92 Å². The molecule has 0 aromatic rings. The first-order chi connectivity index (χ1) is 7.11. The van der Waals surface area contributed by atoms with Crippen molar-refractivity contribution in [1.82, 2.24) is 5.32 Å². The zero-order valence-electron chi connectivity index (χ0n) is 10.8. The monoisotopic (exact) mass is 229 g/mol. The summed E-state index contributed by atoms with van der Waals surface area (Å²) in [5.41, 5.74) is -0.829. The van der Waals surface area contributed by atoms with Crippen LogP contribution in [0.5, 0.6) is 0 Å². The molecule has 4 nitrogen and oxygen atoms in total. The average Bonchev–Trinajstić information content (AvgIpc) is 2.19. The fourth-order valence-electron chi connectivity index (χ4n) is 2.24. The highest BCUT2D eigenvalue weighted by atomic mass is 16.6. The predicted molar refractivity (Wildman–Crippen MR) is 62.2 cm³/mol. The van der Waals surface area contributed by atoms with Gasteiger partial charge in [0.15, 0.2) is 0 Å². The van der Waals surface area contributed by atoms with Gasteiger partial charge in [0.2, 0.25) is 0 Å². The second kappa shape index (κ2) is 4.24. The van der Waals surface area contributed by atoms with Crippen LogP contribution in [0.25, 0.3) is 0 Å². The van der Waals surface area contributed by atoms with Crippen molar-refractivity contribution in [3.63, 3.8) is 0 Å². The molecule has 1 amide bonds. The lowest BCUT2D eigenvalue weighted by atomic mass is 9.99. The summed E-state index contributed by atoms with van der Waals surface area (Å²) in [6.07, 6.45) is 0.636. The Morgan fingerprint density at radius 1 is 1.44 bits per heavy atom. The first-order valence-corrected chi connectivity index (χ1v) is 5.80. The molecule has 0 aromatic carbocycles. The van der Waals surface area contributed by atoms with E-state index in [9.17, 15) is 9.90 Å². The van der Waals surface area contributed by atoms with Crippen molar-refractivity contribution in [3.05, 3.63) is 0 Å². The van der Waals surface area contributed by atoms with Gasteiger partial charge in [-0.1, -0.05) is 6.92 Å². The topological polar surface area (TPSA) is 58.6 Å². The molecule has 1 rings (SSSR count). The smallest absolute Gasteiger partial charge is 0.408 e. The number of alkyl carbamates (subject to hydrolysis) is 1. The van der Waals surface area contributed by atoms with Crippen molar-refractivity contribution in [2.45, 2.75) is 64.7 Å². The van der Waals surface area contributed by atoms with Crippen molar-refractivity contribution < 1.29 is 14.6 Å². The van der Waals surface area contributed by atoms with Crippen LogP contribution in [0.1, 0.15) is 47.5 Å². The van der Waals surface area contributed by atoms with Gasteiger partial charge in [-0.25, -0.2) is 4.79 Å². The van der Waals surface area contributed by atoms with Crippen molar-refractivity contribution in [3.8, 4) is 0 Å². The third-order valence-corrected chi connectivity index (χ3v) is 2.89. The highest BCUT2D eigenvalue weighted by molar-refractivity contribution is 5.68.